The van der Waals surface area contributed by atoms with Crippen molar-refractivity contribution in [2.24, 2.45) is 22.7 Å². The Morgan fingerprint density at radius 1 is 0.957 bits per heavy atom. The summed E-state index contributed by atoms with van der Waals surface area (Å²) in [6, 6.07) is -3.46. The number of nitrogens with zero attached hydrogens (tertiary/aromatic N) is 1. The van der Waals surface area contributed by atoms with Gasteiger partial charge in [0.1, 0.15) is 12.1 Å². The van der Waals surface area contributed by atoms with Crippen LogP contribution in [0.25, 0.3) is 0 Å². The van der Waals surface area contributed by atoms with E-state index in [2.05, 4.69) is 35.1 Å². The van der Waals surface area contributed by atoms with E-state index in [0.29, 0.717) is 45.1 Å². The summed E-state index contributed by atoms with van der Waals surface area (Å²) in [6.45, 7) is 13.9. The van der Waals surface area contributed by atoms with E-state index in [-0.39, 0.29) is 29.5 Å². The number of ketones is 1. The van der Waals surface area contributed by atoms with Crippen molar-refractivity contribution < 1.29 is 32.4 Å². The van der Waals surface area contributed by atoms with Gasteiger partial charge in [-0.05, 0) is 61.7 Å². The second-order valence-corrected chi connectivity index (χ2v) is 18.2. The number of hydrogen-bond acceptors (Lipinski definition) is 7. The number of sulfone groups is 1. The van der Waals surface area contributed by atoms with E-state index < -0.39 is 73.7 Å². The Labute approximate surface area is 280 Å². The molecule has 4 N–H and O–H groups in total. The van der Waals surface area contributed by atoms with Crippen molar-refractivity contribution in [3.63, 3.8) is 0 Å². The molecular formula is C34H57N5O7S. The molecule has 2 saturated carbocycles. The third-order valence-electron chi connectivity index (χ3n) is 11.2. The molecule has 0 aromatic carbocycles. The van der Waals surface area contributed by atoms with Crippen LogP contribution in [0.5, 0.6) is 0 Å². The van der Waals surface area contributed by atoms with Gasteiger partial charge in [0.2, 0.25) is 17.6 Å². The van der Waals surface area contributed by atoms with Crippen LogP contribution in [-0.4, -0.2) is 90.6 Å². The molecule has 0 spiro atoms. The Balaban J connectivity index is 1.56. The van der Waals surface area contributed by atoms with Gasteiger partial charge in [-0.1, -0.05) is 73.6 Å². The molecule has 266 valence electrons. The van der Waals surface area contributed by atoms with Crippen molar-refractivity contribution in [1.29, 1.82) is 0 Å². The fourth-order valence-electron chi connectivity index (χ4n) is 8.48. The first-order chi connectivity index (χ1) is 21.9. The van der Waals surface area contributed by atoms with Crippen LogP contribution < -0.4 is 21.3 Å². The predicted octanol–water partition coefficient (Wildman–Crippen LogP) is 2.84. The first-order valence-corrected chi connectivity index (χ1v) is 19.4. The number of likely N-dealkylation sites (tertiary alicyclic amines) is 1. The Hall–Kier alpha value is -2.70. The lowest BCUT2D eigenvalue weighted by molar-refractivity contribution is -0.145. The highest BCUT2D eigenvalue weighted by molar-refractivity contribution is 7.92. The highest BCUT2D eigenvalue weighted by Crippen LogP contribution is 2.65. The summed E-state index contributed by atoms with van der Waals surface area (Å²) in [5, 5.41) is 10.7. The maximum Gasteiger partial charge on any atom is 0.315 e. The first kappa shape index (κ1) is 37.1. The summed E-state index contributed by atoms with van der Waals surface area (Å²) >= 11 is 0. The van der Waals surface area contributed by atoms with E-state index in [9.17, 15) is 32.4 Å². The molecule has 2 heterocycles. The number of carbonyl (C=O) groups is 5. The fraction of sp³-hybridized carbons (Fsp3) is 0.853. The number of hydrogen-bond donors (Lipinski definition) is 4. The molecule has 0 radical (unpaired) electrons. The number of rotatable bonds is 12. The number of piperidine rings is 1. The molecule has 2 saturated heterocycles. The quantitative estimate of drug-likeness (QED) is 0.230. The largest absolute Gasteiger partial charge is 0.350 e. The van der Waals surface area contributed by atoms with E-state index in [4.69, 9.17) is 0 Å². The predicted molar refractivity (Wildman–Crippen MR) is 179 cm³/mol. The lowest BCUT2D eigenvalue weighted by Gasteiger charge is -2.43. The molecule has 0 bridgehead atoms. The van der Waals surface area contributed by atoms with Crippen molar-refractivity contribution in [3.8, 4) is 0 Å². The van der Waals surface area contributed by atoms with E-state index >= 15 is 0 Å². The number of amides is 5. The van der Waals surface area contributed by atoms with Crippen LogP contribution in [0.1, 0.15) is 113 Å². The minimum atomic E-state index is -3.35. The van der Waals surface area contributed by atoms with Gasteiger partial charge in [-0.15, -0.1) is 0 Å². The average molecular weight is 680 g/mol. The standard InChI is InChI=1S/C34H57N5O7S/c1-8-10-15-22(26(40)29(42)35-9-2)36-28(41)25-24-21(33(24,6)7)20-39(25)30(43)27(32(3,4)5)37-31(44)38-34(17-12-11-13-18-34)23-16-14-19-47(23,45)46/h21-25,27H,8-20H2,1-7H3,(H,35,42)(H,36,41)(H2,37,38,44)/t21-,22-,23+,24-,25-,27+/m0/s1. The first-order valence-electron chi connectivity index (χ1n) is 17.6. The van der Waals surface area contributed by atoms with Crippen LogP contribution in [0.3, 0.4) is 0 Å². The van der Waals surface area contributed by atoms with Gasteiger partial charge in [0.25, 0.3) is 5.91 Å². The molecular weight excluding hydrogens is 622 g/mol. The van der Waals surface area contributed by atoms with Gasteiger partial charge in [-0.2, -0.15) is 0 Å². The molecule has 6 atom stereocenters. The lowest BCUT2D eigenvalue weighted by atomic mass is 9.78. The maximum absolute atomic E-state index is 14.4. The van der Waals surface area contributed by atoms with Crippen molar-refractivity contribution in [2.75, 3.05) is 18.8 Å². The van der Waals surface area contributed by atoms with Crippen molar-refractivity contribution in [1.82, 2.24) is 26.2 Å². The molecule has 0 unspecified atom stereocenters. The summed E-state index contributed by atoms with van der Waals surface area (Å²) in [5.41, 5.74) is -1.81. The SMILES string of the molecule is CCCC[C@H](NC(=O)[C@@H]1[C@@H]2[C@H](CN1C(=O)[C@@H](NC(=O)NC1([C@H]3CCCS3(=O)=O)CCCCC1)C(C)(C)C)C2(C)C)C(=O)C(=O)NCC. The number of urea groups is 1. The van der Waals surface area contributed by atoms with Crippen LogP contribution >= 0.6 is 0 Å². The molecule has 0 aromatic rings. The Morgan fingerprint density at radius 3 is 2.17 bits per heavy atom. The van der Waals surface area contributed by atoms with Crippen molar-refractivity contribution >= 4 is 39.4 Å². The van der Waals surface area contributed by atoms with Crippen molar-refractivity contribution in [2.45, 2.75) is 142 Å². The topological polar surface area (TPSA) is 171 Å². The minimum Gasteiger partial charge on any atom is -0.350 e. The van der Waals surface area contributed by atoms with Crippen molar-refractivity contribution in [3.05, 3.63) is 0 Å². The third-order valence-corrected chi connectivity index (χ3v) is 13.7. The van der Waals surface area contributed by atoms with Gasteiger partial charge in [-0.25, -0.2) is 13.2 Å². The molecule has 4 fully saturated rings. The second kappa shape index (κ2) is 14.0. The van der Waals surface area contributed by atoms with E-state index in [1.165, 1.54) is 4.90 Å². The molecule has 5 amide bonds. The molecule has 47 heavy (non-hydrogen) atoms. The number of carbonyl (C=O) groups excluding carboxylic acids is 5. The van der Waals surface area contributed by atoms with Gasteiger partial charge >= 0.3 is 6.03 Å². The van der Waals surface area contributed by atoms with Gasteiger partial charge in [0.15, 0.2) is 9.84 Å². The monoisotopic (exact) mass is 679 g/mol. The zero-order valence-electron chi connectivity index (χ0n) is 29.4. The third kappa shape index (κ3) is 7.64. The average Bonchev–Trinajstić information content (AvgIpc) is 3.30. The number of Topliss-reactive ketones (excluding diaryl/α,β-unsaturated/α-hetero) is 1. The number of nitrogens with one attached hydrogen (secondary N) is 4. The normalized spacial score (nSPS) is 28.4. The summed E-state index contributed by atoms with van der Waals surface area (Å²) in [7, 11) is -3.35. The van der Waals surface area contributed by atoms with Crippen LogP contribution in [0, 0.1) is 22.7 Å². The second-order valence-electron chi connectivity index (χ2n) is 15.9. The van der Waals surface area contributed by atoms with E-state index in [1.807, 2.05) is 27.7 Å². The molecule has 2 aliphatic carbocycles. The number of likely N-dealkylation sites (N-methyl/N-ethyl adjacent to an activating group) is 1. The van der Waals surface area contributed by atoms with Crippen LogP contribution in [0.2, 0.25) is 0 Å². The summed E-state index contributed by atoms with van der Waals surface area (Å²) in [5.74, 6) is -2.27. The lowest BCUT2D eigenvalue weighted by Crippen LogP contribution is -2.65. The van der Waals surface area contributed by atoms with Gasteiger partial charge in [-0.3, -0.25) is 19.2 Å². The van der Waals surface area contributed by atoms with Crippen LogP contribution in [0.4, 0.5) is 4.79 Å². The minimum absolute atomic E-state index is 0.0721. The highest BCUT2D eigenvalue weighted by atomic mass is 32.2. The molecule has 4 aliphatic rings. The zero-order chi connectivity index (χ0) is 34.9. The number of unbranched alkanes of at least 4 members (excludes halogenated alkanes) is 1. The number of fused-ring (bicyclic) bond motifs is 1. The molecule has 0 aromatic heterocycles. The smallest absolute Gasteiger partial charge is 0.315 e. The van der Waals surface area contributed by atoms with Gasteiger partial charge < -0.3 is 26.2 Å². The van der Waals surface area contributed by atoms with Gasteiger partial charge in [0, 0.05) is 13.1 Å². The Kier molecular flexibility index (Phi) is 11.1. The Morgan fingerprint density at radius 2 is 1.62 bits per heavy atom. The summed E-state index contributed by atoms with van der Waals surface area (Å²) in [4.78, 5) is 69.1. The molecule has 4 rings (SSSR count). The van der Waals surface area contributed by atoms with Crippen LogP contribution in [-0.2, 0) is 29.0 Å². The molecule has 2 aliphatic heterocycles. The zero-order valence-corrected chi connectivity index (χ0v) is 30.2. The molecule has 12 nitrogen and oxygen atoms in total. The summed E-state index contributed by atoms with van der Waals surface area (Å²) < 4.78 is 26.1. The van der Waals surface area contributed by atoms with Crippen LogP contribution in [0.15, 0.2) is 0 Å². The van der Waals surface area contributed by atoms with E-state index in [0.717, 1.165) is 25.7 Å². The maximum atomic E-state index is 14.4. The molecule has 13 heteroatoms. The summed E-state index contributed by atoms with van der Waals surface area (Å²) in [6.07, 6.45) is 6.55. The van der Waals surface area contributed by atoms with E-state index in [1.54, 1.807) is 6.92 Å². The fourth-order valence-corrected chi connectivity index (χ4v) is 10.8. The highest BCUT2D eigenvalue weighted by Gasteiger charge is 2.70. The Bertz CT molecular complexity index is 1330. The van der Waals surface area contributed by atoms with Gasteiger partial charge in [0.05, 0.1) is 22.6 Å².